The summed E-state index contributed by atoms with van der Waals surface area (Å²) in [4.78, 5) is 10.1. The first-order valence-corrected chi connectivity index (χ1v) is 16.2. The van der Waals surface area contributed by atoms with E-state index in [1.165, 1.54) is 30.3 Å². The minimum atomic E-state index is -4.68. The molecule has 0 amide bonds. The van der Waals surface area contributed by atoms with E-state index in [2.05, 4.69) is 15.5 Å². The molecule has 0 aromatic heterocycles. The predicted molar refractivity (Wildman–Crippen MR) is 164 cm³/mol. The van der Waals surface area contributed by atoms with Crippen molar-refractivity contribution >= 4 is 48.5 Å². The van der Waals surface area contributed by atoms with Crippen LogP contribution >= 0.6 is 0 Å². The second-order valence-electron chi connectivity index (χ2n) is 9.56. The normalized spacial score (nSPS) is 12.6. The number of hydrogen-bond donors (Lipinski definition) is 3. The molecule has 0 aliphatic carbocycles. The summed E-state index contributed by atoms with van der Waals surface area (Å²) in [7, 11) is -9.13. The minimum Gasteiger partial charge on any atom is -0.489 e. The molecule has 0 fully saturated rings. The molecule has 15 heteroatoms. The number of nitro groups is 1. The van der Waals surface area contributed by atoms with Gasteiger partial charge in [-0.1, -0.05) is 31.2 Å². The lowest BCUT2D eigenvalue weighted by Crippen LogP contribution is -2.30. The zero-order valence-electron chi connectivity index (χ0n) is 23.6. The fraction of sp³-hybridized carbons (Fsp3) is 0.172. The fourth-order valence-electron chi connectivity index (χ4n) is 3.79. The Morgan fingerprint density at radius 2 is 1.57 bits per heavy atom. The first kappa shape index (κ1) is 32.2. The lowest BCUT2D eigenvalue weighted by Gasteiger charge is -2.12. The van der Waals surface area contributed by atoms with E-state index in [1.54, 1.807) is 46.6 Å². The van der Waals surface area contributed by atoms with Crippen LogP contribution in [0.2, 0.25) is 0 Å². The molecule has 4 aromatic carbocycles. The summed E-state index contributed by atoms with van der Waals surface area (Å²) in [6.07, 6.45) is -0.0591. The van der Waals surface area contributed by atoms with Crippen LogP contribution in [0.5, 0.6) is 5.75 Å². The number of anilines is 2. The maximum Gasteiger partial charge on any atom is 0.294 e. The van der Waals surface area contributed by atoms with Crippen LogP contribution in [0.15, 0.2) is 111 Å². The summed E-state index contributed by atoms with van der Waals surface area (Å²) in [6, 6.07) is 21.7. The van der Waals surface area contributed by atoms with Crippen LogP contribution in [-0.2, 0) is 20.0 Å². The van der Waals surface area contributed by atoms with Gasteiger partial charge in [-0.05, 0) is 79.6 Å². The van der Waals surface area contributed by atoms with Crippen molar-refractivity contribution in [1.29, 1.82) is 0 Å². The zero-order valence-corrected chi connectivity index (χ0v) is 25.2. The molecule has 1 atom stereocenters. The van der Waals surface area contributed by atoms with Crippen LogP contribution in [0, 0.1) is 17.0 Å². The lowest BCUT2D eigenvalue weighted by molar-refractivity contribution is -0.384. The van der Waals surface area contributed by atoms with Gasteiger partial charge in [0.2, 0.25) is 0 Å². The monoisotopic (exact) mass is 639 g/mol. The molecular formula is C29H29N5O8S2. The number of azo groups is 1. The second kappa shape index (κ2) is 13.7. The van der Waals surface area contributed by atoms with Gasteiger partial charge in [0.05, 0.1) is 26.5 Å². The highest BCUT2D eigenvalue weighted by molar-refractivity contribution is 8.04. The van der Waals surface area contributed by atoms with Gasteiger partial charge in [-0.3, -0.25) is 10.1 Å². The molecule has 230 valence electrons. The number of sulfonamides is 2. The average Bonchev–Trinajstić information content (AvgIpc) is 3.00. The lowest BCUT2D eigenvalue weighted by atomic mass is 10.2. The van der Waals surface area contributed by atoms with Crippen LogP contribution in [0.25, 0.3) is 0 Å². The first-order valence-electron chi connectivity index (χ1n) is 13.2. The molecule has 4 aromatic rings. The number of aryl methyl sites for hydroxylation is 1. The fourth-order valence-corrected chi connectivity index (χ4v) is 6.74. The quantitative estimate of drug-likeness (QED) is 0.0911. The van der Waals surface area contributed by atoms with Crippen molar-refractivity contribution < 1.29 is 31.6 Å². The predicted octanol–water partition coefficient (Wildman–Crippen LogP) is 5.88. The second-order valence-corrected chi connectivity index (χ2v) is 13.2. The number of benzene rings is 4. The molecule has 0 radical (unpaired) electrons. The van der Waals surface area contributed by atoms with Gasteiger partial charge in [-0.15, -0.1) is 9.24 Å². The number of nitrogens with one attached hydrogen (secondary N) is 2. The van der Waals surface area contributed by atoms with E-state index in [1.807, 2.05) is 19.9 Å². The van der Waals surface area contributed by atoms with Gasteiger partial charge in [-0.2, -0.15) is 5.11 Å². The molecule has 4 rings (SSSR count). The van der Waals surface area contributed by atoms with Crippen LogP contribution in [0.3, 0.4) is 0 Å². The Balaban J connectivity index is 1.51. The molecule has 0 saturated carbocycles. The molecule has 3 N–H and O–H groups in total. The molecule has 0 spiro atoms. The topological polar surface area (TPSA) is 190 Å². The van der Waals surface area contributed by atoms with Gasteiger partial charge in [-0.25, -0.2) is 16.8 Å². The van der Waals surface area contributed by atoms with Crippen molar-refractivity contribution in [2.45, 2.75) is 36.2 Å². The van der Waals surface area contributed by atoms with Crippen molar-refractivity contribution in [1.82, 2.24) is 4.13 Å². The van der Waals surface area contributed by atoms with E-state index in [0.717, 1.165) is 17.7 Å². The summed E-state index contributed by atoms with van der Waals surface area (Å²) in [5.41, 5.74) is 1.71. The summed E-state index contributed by atoms with van der Waals surface area (Å²) < 4.78 is 58.0. The molecule has 0 heterocycles. The number of nitro benzene ring substituents is 1. The standard InChI is InChI=1S/C29H29N5O8S2/c1-3-23(35)19-42-29-16-9-20(2)17-27(29)32-31-22-12-10-21(11-13-22)30-26-15-14-25(18-28(26)34(36)37)44(40,41)33-43(38,39)24-7-5-4-6-8-24/h4-18,23,30,33,35H,3,19H2,1-2H3. The first-order chi connectivity index (χ1) is 20.9. The van der Waals surface area contributed by atoms with E-state index in [4.69, 9.17) is 4.74 Å². The molecule has 1 unspecified atom stereocenters. The number of hydrogen-bond acceptors (Lipinski definition) is 11. The smallest absolute Gasteiger partial charge is 0.294 e. The molecule has 0 bridgehead atoms. The molecule has 0 saturated heterocycles. The Labute approximate surface area is 254 Å². The summed E-state index contributed by atoms with van der Waals surface area (Å²) >= 11 is 0. The van der Waals surface area contributed by atoms with Crippen molar-refractivity contribution in [2.24, 2.45) is 10.2 Å². The number of nitrogens with zero attached hydrogens (tertiary/aromatic N) is 3. The molecule has 44 heavy (non-hydrogen) atoms. The van der Waals surface area contributed by atoms with Crippen LogP contribution in [-0.4, -0.2) is 39.6 Å². The third-order valence-electron chi connectivity index (χ3n) is 6.19. The number of aliphatic hydroxyl groups is 1. The number of rotatable bonds is 13. The van der Waals surface area contributed by atoms with E-state index in [9.17, 15) is 32.1 Å². The Bertz CT molecular complexity index is 1880. The SMILES string of the molecule is CCC(O)COc1ccc(C)cc1N=Nc1ccc(Nc2ccc(S(=O)(=O)NS(=O)(=O)c3ccccc3)cc2[N+](=O)[O-])cc1. The van der Waals surface area contributed by atoms with Gasteiger partial charge in [0.1, 0.15) is 23.7 Å². The van der Waals surface area contributed by atoms with Crippen LogP contribution in [0.1, 0.15) is 18.9 Å². The summed E-state index contributed by atoms with van der Waals surface area (Å²) in [5, 5.41) is 33.0. The highest BCUT2D eigenvalue weighted by Crippen LogP contribution is 2.33. The summed E-state index contributed by atoms with van der Waals surface area (Å²) in [6.45, 7) is 3.86. The van der Waals surface area contributed by atoms with Gasteiger partial charge in [0.25, 0.3) is 25.7 Å². The van der Waals surface area contributed by atoms with Crippen molar-refractivity contribution in [2.75, 3.05) is 11.9 Å². The number of ether oxygens (including phenoxy) is 1. The number of aliphatic hydroxyl groups excluding tert-OH is 1. The zero-order chi connectivity index (χ0) is 31.9. The van der Waals surface area contributed by atoms with E-state index < -0.39 is 41.7 Å². The van der Waals surface area contributed by atoms with Crippen molar-refractivity contribution in [3.05, 3.63) is 107 Å². The third-order valence-corrected chi connectivity index (χ3v) is 9.71. The van der Waals surface area contributed by atoms with E-state index >= 15 is 0 Å². The highest BCUT2D eigenvalue weighted by Gasteiger charge is 2.27. The Morgan fingerprint density at radius 3 is 2.23 bits per heavy atom. The van der Waals surface area contributed by atoms with Gasteiger partial charge in [0.15, 0.2) is 0 Å². The Hall–Kier alpha value is -4.70. The maximum atomic E-state index is 12.8. The van der Waals surface area contributed by atoms with Crippen LogP contribution < -0.4 is 14.2 Å². The molecule has 0 aliphatic heterocycles. The molecule has 13 nitrogen and oxygen atoms in total. The van der Waals surface area contributed by atoms with Crippen molar-refractivity contribution in [3.8, 4) is 5.75 Å². The van der Waals surface area contributed by atoms with Crippen molar-refractivity contribution in [3.63, 3.8) is 0 Å². The van der Waals surface area contributed by atoms with Crippen LogP contribution in [0.4, 0.5) is 28.4 Å². The molecular weight excluding hydrogens is 610 g/mol. The highest BCUT2D eigenvalue weighted by atomic mass is 32.3. The average molecular weight is 640 g/mol. The van der Waals surface area contributed by atoms with Gasteiger partial charge < -0.3 is 15.2 Å². The largest absolute Gasteiger partial charge is 0.489 e. The van der Waals surface area contributed by atoms with Gasteiger partial charge in [0, 0.05) is 11.8 Å². The Kier molecular flexibility index (Phi) is 10.1. The minimum absolute atomic E-state index is 0.0231. The third kappa shape index (κ3) is 8.23. The van der Waals surface area contributed by atoms with E-state index in [0.29, 0.717) is 29.2 Å². The van der Waals surface area contributed by atoms with E-state index in [-0.39, 0.29) is 17.2 Å². The summed E-state index contributed by atoms with van der Waals surface area (Å²) in [5.74, 6) is 0.468. The molecule has 0 aliphatic rings. The Morgan fingerprint density at radius 1 is 0.886 bits per heavy atom. The van der Waals surface area contributed by atoms with Gasteiger partial charge >= 0.3 is 0 Å². The maximum absolute atomic E-state index is 12.8.